The van der Waals surface area contributed by atoms with Gasteiger partial charge >= 0.3 is 0 Å². The summed E-state index contributed by atoms with van der Waals surface area (Å²) in [7, 11) is -3.68. The molecule has 0 saturated heterocycles. The van der Waals surface area contributed by atoms with Gasteiger partial charge in [-0.15, -0.1) is 0 Å². The van der Waals surface area contributed by atoms with Crippen LogP contribution in [-0.4, -0.2) is 8.42 Å². The zero-order valence-electron chi connectivity index (χ0n) is 10.2. The summed E-state index contributed by atoms with van der Waals surface area (Å²) >= 11 is 3.31. The van der Waals surface area contributed by atoms with Crippen LogP contribution in [-0.2, 0) is 16.6 Å². The lowest BCUT2D eigenvalue weighted by Crippen LogP contribution is -2.12. The van der Waals surface area contributed by atoms with Crippen LogP contribution in [0.1, 0.15) is 11.5 Å². The molecule has 1 aromatic heterocycles. The first-order valence-electron chi connectivity index (χ1n) is 5.48. The third-order valence-corrected chi connectivity index (χ3v) is 4.09. The van der Waals surface area contributed by atoms with E-state index in [4.69, 9.17) is 9.56 Å². The summed E-state index contributed by atoms with van der Waals surface area (Å²) in [5, 5.41) is 8.20. The molecule has 5 nitrogen and oxygen atoms in total. The second kappa shape index (κ2) is 5.36. The summed E-state index contributed by atoms with van der Waals surface area (Å²) in [6.07, 6.45) is 0. The lowest BCUT2D eigenvalue weighted by Gasteiger charge is -2.08. The van der Waals surface area contributed by atoms with Crippen LogP contribution >= 0.6 is 15.9 Å². The van der Waals surface area contributed by atoms with E-state index in [1.54, 1.807) is 6.07 Å². The van der Waals surface area contributed by atoms with Crippen molar-refractivity contribution in [2.24, 2.45) is 5.14 Å². The molecule has 1 heterocycles. The summed E-state index contributed by atoms with van der Waals surface area (Å²) in [5.74, 6) is 1.65. The highest BCUT2D eigenvalue weighted by Gasteiger charge is 2.10. The zero-order valence-corrected chi connectivity index (χ0v) is 12.6. The van der Waals surface area contributed by atoms with Gasteiger partial charge in [-0.3, -0.25) is 0 Å². The predicted octanol–water partition coefficient (Wildman–Crippen LogP) is 2.61. The number of rotatable bonds is 4. The monoisotopic (exact) mass is 344 g/mol. The average molecular weight is 345 g/mol. The molecule has 0 saturated carbocycles. The number of sulfonamides is 1. The van der Waals surface area contributed by atoms with Crippen LogP contribution in [0.5, 0.6) is 0 Å². The number of hydrogen-bond donors (Lipinski definition) is 2. The molecule has 0 aliphatic rings. The molecule has 0 spiro atoms. The molecule has 2 aromatic rings. The van der Waals surface area contributed by atoms with E-state index in [1.807, 2.05) is 19.1 Å². The van der Waals surface area contributed by atoms with E-state index in [9.17, 15) is 8.42 Å². The summed E-state index contributed by atoms with van der Waals surface area (Å²) in [6.45, 7) is 2.39. The van der Waals surface area contributed by atoms with E-state index in [1.165, 1.54) is 12.1 Å². The molecule has 0 atom stereocenters. The van der Waals surface area contributed by atoms with E-state index < -0.39 is 10.0 Å². The molecule has 102 valence electrons. The van der Waals surface area contributed by atoms with Gasteiger partial charge in [0.1, 0.15) is 11.5 Å². The molecule has 0 fully saturated rings. The maximum Gasteiger partial charge on any atom is 0.238 e. The van der Waals surface area contributed by atoms with Crippen LogP contribution in [0.25, 0.3) is 0 Å². The lowest BCUT2D eigenvalue weighted by atomic mass is 10.3. The van der Waals surface area contributed by atoms with Gasteiger partial charge in [-0.2, -0.15) is 0 Å². The largest absolute Gasteiger partial charge is 0.465 e. The summed E-state index contributed by atoms with van der Waals surface area (Å²) < 4.78 is 28.5. The van der Waals surface area contributed by atoms with Gasteiger partial charge in [0.15, 0.2) is 0 Å². The van der Waals surface area contributed by atoms with Gasteiger partial charge in [0, 0.05) is 10.2 Å². The van der Waals surface area contributed by atoms with Crippen LogP contribution < -0.4 is 10.5 Å². The fourth-order valence-corrected chi connectivity index (χ4v) is 2.79. The highest BCUT2D eigenvalue weighted by molar-refractivity contribution is 9.10. The van der Waals surface area contributed by atoms with Gasteiger partial charge in [0.25, 0.3) is 0 Å². The first-order chi connectivity index (χ1) is 8.86. The van der Waals surface area contributed by atoms with Crippen LogP contribution in [0.3, 0.4) is 0 Å². The van der Waals surface area contributed by atoms with Crippen molar-refractivity contribution in [3.05, 3.63) is 46.3 Å². The average Bonchev–Trinajstić information content (AvgIpc) is 2.72. The minimum atomic E-state index is -3.68. The first kappa shape index (κ1) is 14.1. The molecule has 2 rings (SSSR count). The van der Waals surface area contributed by atoms with Crippen molar-refractivity contribution in [2.45, 2.75) is 18.4 Å². The maximum atomic E-state index is 11.2. The van der Waals surface area contributed by atoms with Gasteiger partial charge in [0.2, 0.25) is 10.0 Å². The molecule has 1 aromatic carbocycles. The number of aryl methyl sites for hydroxylation is 1. The number of furan rings is 1. The number of hydrogen-bond acceptors (Lipinski definition) is 4. The Bertz CT molecular complexity index is 695. The van der Waals surface area contributed by atoms with E-state index in [2.05, 4.69) is 21.2 Å². The first-order valence-corrected chi connectivity index (χ1v) is 7.82. The summed E-state index contributed by atoms with van der Waals surface area (Å²) in [4.78, 5) is 0.0683. The number of primary sulfonamides is 1. The number of halogens is 1. The van der Waals surface area contributed by atoms with Crippen molar-refractivity contribution in [2.75, 3.05) is 5.32 Å². The molecular formula is C12H13BrN2O3S. The van der Waals surface area contributed by atoms with Crippen molar-refractivity contribution in [1.82, 2.24) is 0 Å². The van der Waals surface area contributed by atoms with Crippen molar-refractivity contribution in [3.63, 3.8) is 0 Å². The maximum absolute atomic E-state index is 11.2. The van der Waals surface area contributed by atoms with Gasteiger partial charge in [-0.25, -0.2) is 13.6 Å². The zero-order chi connectivity index (χ0) is 14.0. The van der Waals surface area contributed by atoms with Crippen molar-refractivity contribution >= 4 is 31.6 Å². The quantitative estimate of drug-likeness (QED) is 0.892. The Hall–Kier alpha value is -1.31. The molecule has 3 N–H and O–H groups in total. The Morgan fingerprint density at radius 3 is 2.58 bits per heavy atom. The molecule has 7 heteroatoms. The molecule has 19 heavy (non-hydrogen) atoms. The van der Waals surface area contributed by atoms with Gasteiger partial charge < -0.3 is 9.73 Å². The third-order valence-electron chi connectivity index (χ3n) is 2.52. The smallest absolute Gasteiger partial charge is 0.238 e. The fourth-order valence-electron chi connectivity index (χ4n) is 1.58. The normalized spacial score (nSPS) is 11.5. The Morgan fingerprint density at radius 1 is 1.32 bits per heavy atom. The highest BCUT2D eigenvalue weighted by Crippen LogP contribution is 2.25. The van der Waals surface area contributed by atoms with Crippen LogP contribution in [0, 0.1) is 6.92 Å². The highest BCUT2D eigenvalue weighted by atomic mass is 79.9. The van der Waals surface area contributed by atoms with E-state index in [0.717, 1.165) is 17.2 Å². The summed E-state index contributed by atoms with van der Waals surface area (Å²) in [5.41, 5.74) is 0.765. The Morgan fingerprint density at radius 2 is 2.05 bits per heavy atom. The summed E-state index contributed by atoms with van der Waals surface area (Å²) in [6, 6.07) is 8.34. The molecule has 0 unspecified atom stereocenters. The van der Waals surface area contributed by atoms with E-state index in [0.29, 0.717) is 11.0 Å². The second-order valence-electron chi connectivity index (χ2n) is 4.05. The number of nitrogens with two attached hydrogens (primary N) is 1. The van der Waals surface area contributed by atoms with E-state index in [-0.39, 0.29) is 4.90 Å². The SMILES string of the molecule is Cc1ccc(CNc2ccc(S(N)(=O)=O)cc2Br)o1. The number of nitrogens with one attached hydrogen (secondary N) is 1. The Labute approximate surface area is 120 Å². The Balaban J connectivity index is 2.14. The number of benzene rings is 1. The van der Waals surface area contributed by atoms with Crippen LogP contribution in [0.15, 0.2) is 44.1 Å². The van der Waals surface area contributed by atoms with Gasteiger partial charge in [-0.1, -0.05) is 0 Å². The number of anilines is 1. The molecule has 0 aliphatic carbocycles. The standard InChI is InChI=1S/C12H13BrN2O3S/c1-8-2-3-9(18-8)7-15-12-5-4-10(6-11(12)13)19(14,16)17/h2-6,15H,7H2,1H3,(H2,14,16,17). The lowest BCUT2D eigenvalue weighted by molar-refractivity contribution is 0.490. The van der Waals surface area contributed by atoms with Crippen molar-refractivity contribution in [3.8, 4) is 0 Å². The van der Waals surface area contributed by atoms with Crippen LogP contribution in [0.2, 0.25) is 0 Å². The van der Waals surface area contributed by atoms with Gasteiger partial charge in [0.05, 0.1) is 11.4 Å². The van der Waals surface area contributed by atoms with Crippen LogP contribution in [0.4, 0.5) is 5.69 Å². The second-order valence-corrected chi connectivity index (χ2v) is 6.47. The third kappa shape index (κ3) is 3.59. The molecule has 0 aliphatic heterocycles. The predicted molar refractivity (Wildman–Crippen MR) is 76.3 cm³/mol. The molecule has 0 amide bonds. The van der Waals surface area contributed by atoms with Crippen molar-refractivity contribution < 1.29 is 12.8 Å². The van der Waals surface area contributed by atoms with Crippen molar-refractivity contribution in [1.29, 1.82) is 0 Å². The molecule has 0 bridgehead atoms. The van der Waals surface area contributed by atoms with E-state index >= 15 is 0 Å². The molecule has 0 radical (unpaired) electrons. The minimum Gasteiger partial charge on any atom is -0.465 e. The Kier molecular flexibility index (Phi) is 3.98. The fraction of sp³-hybridized carbons (Fsp3) is 0.167. The molecular weight excluding hydrogens is 332 g/mol. The minimum absolute atomic E-state index is 0.0683. The van der Waals surface area contributed by atoms with Gasteiger partial charge in [-0.05, 0) is 53.2 Å². The topological polar surface area (TPSA) is 85.3 Å².